The van der Waals surface area contributed by atoms with Gasteiger partial charge in [-0.25, -0.2) is 0 Å². The highest BCUT2D eigenvalue weighted by Crippen LogP contribution is 2.26. The van der Waals surface area contributed by atoms with E-state index >= 15 is 0 Å². The lowest BCUT2D eigenvalue weighted by atomic mass is 10.1. The third-order valence-electron chi connectivity index (χ3n) is 4.52. The molecule has 0 aliphatic heterocycles. The highest BCUT2D eigenvalue weighted by atomic mass is 35.5. The van der Waals surface area contributed by atoms with E-state index in [1.807, 2.05) is 43.3 Å². The van der Waals surface area contributed by atoms with Crippen molar-refractivity contribution in [2.24, 2.45) is 0 Å². The second-order valence-electron chi connectivity index (χ2n) is 7.14. The van der Waals surface area contributed by atoms with Crippen LogP contribution in [0.3, 0.4) is 0 Å². The molecule has 29 heavy (non-hydrogen) atoms. The van der Waals surface area contributed by atoms with Gasteiger partial charge in [-0.3, -0.25) is 4.79 Å². The van der Waals surface area contributed by atoms with Crippen molar-refractivity contribution in [3.63, 3.8) is 0 Å². The Hall–Kier alpha value is -2.98. The van der Waals surface area contributed by atoms with Gasteiger partial charge in [0.15, 0.2) is 6.61 Å². The van der Waals surface area contributed by atoms with Crippen molar-refractivity contribution >= 4 is 28.9 Å². The Morgan fingerprint density at radius 3 is 2.48 bits per heavy atom. The zero-order valence-electron chi connectivity index (χ0n) is 16.9. The molecule has 0 spiro atoms. The van der Waals surface area contributed by atoms with Crippen LogP contribution in [0.5, 0.6) is 5.75 Å². The molecule has 0 aromatic heterocycles. The minimum atomic E-state index is -0.229. The number of nitrogens with one attached hydrogen (secondary N) is 2. The van der Waals surface area contributed by atoms with Crippen molar-refractivity contribution in [2.45, 2.75) is 27.3 Å². The van der Waals surface area contributed by atoms with Crippen LogP contribution in [0.15, 0.2) is 60.7 Å². The number of hydrogen-bond donors (Lipinski definition) is 2. The van der Waals surface area contributed by atoms with Crippen LogP contribution in [0, 0.1) is 20.8 Å². The fourth-order valence-electron chi connectivity index (χ4n) is 3.04. The maximum atomic E-state index is 12.1. The highest BCUT2D eigenvalue weighted by molar-refractivity contribution is 6.32. The summed E-state index contributed by atoms with van der Waals surface area (Å²) in [5, 5.41) is 6.72. The number of ether oxygens (including phenoxy) is 1. The maximum absolute atomic E-state index is 12.1. The summed E-state index contributed by atoms with van der Waals surface area (Å²) in [7, 11) is 0. The maximum Gasteiger partial charge on any atom is 0.262 e. The van der Waals surface area contributed by atoms with E-state index in [2.05, 4.69) is 42.7 Å². The van der Waals surface area contributed by atoms with Gasteiger partial charge in [-0.1, -0.05) is 47.5 Å². The SMILES string of the molecule is Cc1cccc(NC(=O)COc2ccc(CNc3ccc(C)cc3C)cc2Cl)c1. The highest BCUT2D eigenvalue weighted by Gasteiger charge is 2.08. The molecule has 0 heterocycles. The Labute approximate surface area is 176 Å². The Balaban J connectivity index is 1.54. The second kappa shape index (κ2) is 9.48. The number of aryl methyl sites for hydroxylation is 3. The number of benzene rings is 3. The topological polar surface area (TPSA) is 50.4 Å². The van der Waals surface area contributed by atoms with Crippen LogP contribution < -0.4 is 15.4 Å². The zero-order chi connectivity index (χ0) is 20.8. The van der Waals surface area contributed by atoms with E-state index in [9.17, 15) is 4.79 Å². The fraction of sp³-hybridized carbons (Fsp3) is 0.208. The number of amides is 1. The van der Waals surface area contributed by atoms with Gasteiger partial charge in [-0.2, -0.15) is 0 Å². The number of carbonyl (C=O) groups is 1. The molecule has 0 saturated heterocycles. The first kappa shape index (κ1) is 20.7. The normalized spacial score (nSPS) is 10.5. The van der Waals surface area contributed by atoms with Crippen molar-refractivity contribution in [3.05, 3.63) is 87.9 Å². The molecule has 5 heteroatoms. The smallest absolute Gasteiger partial charge is 0.262 e. The number of rotatable bonds is 7. The van der Waals surface area contributed by atoms with Gasteiger partial charge in [-0.05, 0) is 67.8 Å². The lowest BCUT2D eigenvalue weighted by molar-refractivity contribution is -0.118. The van der Waals surface area contributed by atoms with Crippen LogP contribution in [0.25, 0.3) is 0 Å². The molecule has 3 rings (SSSR count). The molecular weight excluding hydrogens is 384 g/mol. The molecule has 0 saturated carbocycles. The summed E-state index contributed by atoms with van der Waals surface area (Å²) < 4.78 is 5.59. The van der Waals surface area contributed by atoms with Crippen molar-refractivity contribution in [2.75, 3.05) is 17.2 Å². The number of halogens is 1. The van der Waals surface area contributed by atoms with Crippen molar-refractivity contribution in [1.29, 1.82) is 0 Å². The van der Waals surface area contributed by atoms with Gasteiger partial charge in [0.25, 0.3) is 5.91 Å². The summed E-state index contributed by atoms with van der Waals surface area (Å²) in [4.78, 5) is 12.1. The lowest BCUT2D eigenvalue weighted by Gasteiger charge is -2.12. The summed E-state index contributed by atoms with van der Waals surface area (Å²) in [6.07, 6.45) is 0. The molecule has 3 aromatic rings. The standard InChI is InChI=1S/C24H25ClN2O2/c1-16-5-4-6-20(12-16)27-24(28)15-29-23-10-8-19(13-21(23)25)14-26-22-9-7-17(2)11-18(22)3/h4-13,26H,14-15H2,1-3H3,(H,27,28). The first-order valence-electron chi connectivity index (χ1n) is 9.49. The predicted octanol–water partition coefficient (Wildman–Crippen LogP) is 5.89. The molecule has 0 fully saturated rings. The van der Waals surface area contributed by atoms with Crippen molar-refractivity contribution < 1.29 is 9.53 Å². The van der Waals surface area contributed by atoms with E-state index in [1.165, 1.54) is 11.1 Å². The van der Waals surface area contributed by atoms with Gasteiger partial charge >= 0.3 is 0 Å². The summed E-state index contributed by atoms with van der Waals surface area (Å²) >= 11 is 6.34. The zero-order valence-corrected chi connectivity index (χ0v) is 17.6. The minimum absolute atomic E-state index is 0.103. The van der Waals surface area contributed by atoms with Crippen molar-refractivity contribution in [3.8, 4) is 5.75 Å². The Morgan fingerprint density at radius 1 is 0.966 bits per heavy atom. The van der Waals surface area contributed by atoms with Crippen LogP contribution in [-0.2, 0) is 11.3 Å². The van der Waals surface area contributed by atoms with Gasteiger partial charge in [-0.15, -0.1) is 0 Å². The lowest BCUT2D eigenvalue weighted by Crippen LogP contribution is -2.20. The number of anilines is 2. The molecule has 150 valence electrons. The van der Waals surface area contributed by atoms with E-state index in [0.717, 1.165) is 22.5 Å². The largest absolute Gasteiger partial charge is 0.482 e. The van der Waals surface area contributed by atoms with Gasteiger partial charge in [0.1, 0.15) is 5.75 Å². The first-order valence-corrected chi connectivity index (χ1v) is 9.87. The minimum Gasteiger partial charge on any atom is -0.482 e. The van der Waals surface area contributed by atoms with Crippen LogP contribution in [-0.4, -0.2) is 12.5 Å². The fourth-order valence-corrected chi connectivity index (χ4v) is 3.30. The van der Waals surface area contributed by atoms with Crippen LogP contribution >= 0.6 is 11.6 Å². The molecule has 2 N–H and O–H groups in total. The van der Waals surface area contributed by atoms with Gasteiger partial charge in [0.2, 0.25) is 0 Å². The van der Waals surface area contributed by atoms with E-state index in [1.54, 1.807) is 6.07 Å². The van der Waals surface area contributed by atoms with E-state index in [4.69, 9.17) is 16.3 Å². The molecule has 1 amide bonds. The van der Waals surface area contributed by atoms with Crippen molar-refractivity contribution in [1.82, 2.24) is 0 Å². The Kier molecular flexibility index (Phi) is 6.78. The second-order valence-corrected chi connectivity index (χ2v) is 7.55. The predicted molar refractivity (Wildman–Crippen MR) is 120 cm³/mol. The molecular formula is C24H25ClN2O2. The van der Waals surface area contributed by atoms with E-state index in [-0.39, 0.29) is 12.5 Å². The Morgan fingerprint density at radius 2 is 1.76 bits per heavy atom. The summed E-state index contributed by atoms with van der Waals surface area (Å²) in [5.41, 5.74) is 6.40. The van der Waals surface area contributed by atoms with Crippen LogP contribution in [0.2, 0.25) is 5.02 Å². The summed E-state index contributed by atoms with van der Waals surface area (Å²) in [5.74, 6) is 0.258. The average molecular weight is 409 g/mol. The van der Waals surface area contributed by atoms with E-state index in [0.29, 0.717) is 17.3 Å². The summed E-state index contributed by atoms with van der Waals surface area (Å²) in [6, 6.07) is 19.5. The quantitative estimate of drug-likeness (QED) is 0.512. The van der Waals surface area contributed by atoms with Crippen LogP contribution in [0.1, 0.15) is 22.3 Å². The summed E-state index contributed by atoms with van der Waals surface area (Å²) in [6.45, 7) is 6.69. The van der Waals surface area contributed by atoms with Gasteiger partial charge in [0, 0.05) is 17.9 Å². The molecule has 0 aliphatic carbocycles. The van der Waals surface area contributed by atoms with Gasteiger partial charge < -0.3 is 15.4 Å². The van der Waals surface area contributed by atoms with Gasteiger partial charge in [0.05, 0.1) is 5.02 Å². The molecule has 0 atom stereocenters. The Bertz CT molecular complexity index is 1020. The third kappa shape index (κ3) is 6.00. The van der Waals surface area contributed by atoms with E-state index < -0.39 is 0 Å². The molecule has 0 bridgehead atoms. The average Bonchev–Trinajstić information content (AvgIpc) is 2.66. The number of hydrogen-bond acceptors (Lipinski definition) is 3. The first-order chi connectivity index (χ1) is 13.9. The molecule has 0 unspecified atom stereocenters. The molecule has 4 nitrogen and oxygen atoms in total. The van der Waals surface area contributed by atoms with Crippen LogP contribution in [0.4, 0.5) is 11.4 Å². The molecule has 3 aromatic carbocycles. The monoisotopic (exact) mass is 408 g/mol. The number of carbonyl (C=O) groups excluding carboxylic acids is 1. The molecule has 0 aliphatic rings. The third-order valence-corrected chi connectivity index (χ3v) is 4.82. The molecule has 0 radical (unpaired) electrons.